The molecule has 3 heterocycles. The molecule has 1 aliphatic carbocycles. The minimum Gasteiger partial charge on any atom is -0.379 e. The standard InChI is InChI=1S/C20H33N3O3/c24-18(15-21-11-13-26-14-12-21)22-10-8-20(16-22)7-4-9-23(19(20)25)17-5-2-1-3-6-17/h17H,1-16H2/t20-/m0/s1. The van der Waals surface area contributed by atoms with Crippen molar-refractivity contribution in [3.05, 3.63) is 0 Å². The molecule has 0 aromatic heterocycles. The number of hydrogen-bond donors (Lipinski definition) is 0. The third-order valence-corrected chi connectivity index (χ3v) is 6.95. The quantitative estimate of drug-likeness (QED) is 0.762. The van der Waals surface area contributed by atoms with Gasteiger partial charge in [-0.15, -0.1) is 0 Å². The van der Waals surface area contributed by atoms with Crippen molar-refractivity contribution in [3.8, 4) is 0 Å². The number of rotatable bonds is 3. The number of hydrogen-bond acceptors (Lipinski definition) is 4. The summed E-state index contributed by atoms with van der Waals surface area (Å²) in [5, 5.41) is 0. The van der Waals surface area contributed by atoms with Crippen LogP contribution in [0.25, 0.3) is 0 Å². The van der Waals surface area contributed by atoms with Crippen molar-refractivity contribution in [3.63, 3.8) is 0 Å². The molecule has 0 aromatic rings. The van der Waals surface area contributed by atoms with Gasteiger partial charge in [-0.1, -0.05) is 19.3 Å². The predicted molar refractivity (Wildman–Crippen MR) is 98.7 cm³/mol. The zero-order valence-corrected chi connectivity index (χ0v) is 16.0. The summed E-state index contributed by atoms with van der Waals surface area (Å²) in [6, 6.07) is 0.450. The van der Waals surface area contributed by atoms with E-state index in [-0.39, 0.29) is 11.3 Å². The first-order chi connectivity index (χ1) is 12.7. The van der Waals surface area contributed by atoms with E-state index in [1.54, 1.807) is 0 Å². The van der Waals surface area contributed by atoms with Gasteiger partial charge in [-0.3, -0.25) is 14.5 Å². The molecule has 4 aliphatic rings. The highest BCUT2D eigenvalue weighted by Crippen LogP contribution is 2.42. The van der Waals surface area contributed by atoms with Crippen LogP contribution in [0, 0.1) is 5.41 Å². The van der Waals surface area contributed by atoms with E-state index in [2.05, 4.69) is 9.80 Å². The number of ether oxygens (including phenoxy) is 1. The number of morpholine rings is 1. The minimum absolute atomic E-state index is 0.186. The van der Waals surface area contributed by atoms with Gasteiger partial charge in [0.05, 0.1) is 25.2 Å². The van der Waals surface area contributed by atoms with E-state index in [1.165, 1.54) is 32.1 Å². The summed E-state index contributed by atoms with van der Waals surface area (Å²) < 4.78 is 5.36. The number of piperidine rings is 1. The van der Waals surface area contributed by atoms with Crippen molar-refractivity contribution in [2.75, 3.05) is 52.5 Å². The van der Waals surface area contributed by atoms with Crippen molar-refractivity contribution in [2.45, 2.75) is 57.4 Å². The fraction of sp³-hybridized carbons (Fsp3) is 0.900. The molecule has 0 N–H and O–H groups in total. The Morgan fingerprint density at radius 1 is 1.00 bits per heavy atom. The summed E-state index contributed by atoms with van der Waals surface area (Å²) in [5.41, 5.74) is -0.295. The Kier molecular flexibility index (Phi) is 5.50. The molecule has 2 amide bonds. The second-order valence-electron chi connectivity index (χ2n) is 8.63. The fourth-order valence-corrected chi connectivity index (χ4v) is 5.36. The summed E-state index contributed by atoms with van der Waals surface area (Å²) >= 11 is 0. The molecule has 4 fully saturated rings. The van der Waals surface area contributed by atoms with Gasteiger partial charge in [-0.2, -0.15) is 0 Å². The molecule has 0 radical (unpaired) electrons. The van der Waals surface area contributed by atoms with Crippen LogP contribution < -0.4 is 0 Å². The molecular weight excluding hydrogens is 330 g/mol. The van der Waals surface area contributed by atoms with Crippen molar-refractivity contribution >= 4 is 11.8 Å². The summed E-state index contributed by atoms with van der Waals surface area (Å²) in [4.78, 5) is 32.4. The first-order valence-electron chi connectivity index (χ1n) is 10.6. The van der Waals surface area contributed by atoms with Crippen LogP contribution >= 0.6 is 0 Å². The molecule has 4 rings (SSSR count). The molecule has 3 aliphatic heterocycles. The zero-order valence-electron chi connectivity index (χ0n) is 16.0. The van der Waals surface area contributed by atoms with E-state index < -0.39 is 0 Å². The Morgan fingerprint density at radius 2 is 1.77 bits per heavy atom. The monoisotopic (exact) mass is 363 g/mol. The van der Waals surface area contributed by atoms with Crippen LogP contribution in [0.5, 0.6) is 0 Å². The molecular formula is C20H33N3O3. The molecule has 1 atom stereocenters. The largest absolute Gasteiger partial charge is 0.379 e. The molecule has 6 heteroatoms. The molecule has 26 heavy (non-hydrogen) atoms. The predicted octanol–water partition coefficient (Wildman–Crippen LogP) is 1.49. The van der Waals surface area contributed by atoms with Crippen LogP contribution in [0.3, 0.4) is 0 Å². The second-order valence-corrected chi connectivity index (χ2v) is 8.63. The fourth-order valence-electron chi connectivity index (χ4n) is 5.36. The van der Waals surface area contributed by atoms with E-state index in [0.717, 1.165) is 45.4 Å². The van der Waals surface area contributed by atoms with Crippen LogP contribution in [0.1, 0.15) is 51.4 Å². The maximum Gasteiger partial charge on any atom is 0.236 e. The lowest BCUT2D eigenvalue weighted by Crippen LogP contribution is -2.54. The molecule has 6 nitrogen and oxygen atoms in total. The average Bonchev–Trinajstić information content (AvgIpc) is 3.11. The lowest BCUT2D eigenvalue weighted by molar-refractivity contribution is -0.149. The smallest absolute Gasteiger partial charge is 0.236 e. The van der Waals surface area contributed by atoms with Crippen molar-refractivity contribution < 1.29 is 14.3 Å². The Hall–Kier alpha value is -1.14. The molecule has 3 saturated heterocycles. The highest BCUT2D eigenvalue weighted by molar-refractivity contribution is 5.86. The topological polar surface area (TPSA) is 53.1 Å². The Morgan fingerprint density at radius 3 is 2.54 bits per heavy atom. The highest BCUT2D eigenvalue weighted by atomic mass is 16.5. The summed E-state index contributed by atoms with van der Waals surface area (Å²) in [5.74, 6) is 0.531. The number of likely N-dealkylation sites (tertiary alicyclic amines) is 2. The minimum atomic E-state index is -0.295. The third-order valence-electron chi connectivity index (χ3n) is 6.95. The summed E-state index contributed by atoms with van der Waals surface area (Å²) in [7, 11) is 0. The third kappa shape index (κ3) is 3.63. The Balaban J connectivity index is 1.37. The van der Waals surface area contributed by atoms with E-state index in [0.29, 0.717) is 38.3 Å². The van der Waals surface area contributed by atoms with Crippen LogP contribution in [0.15, 0.2) is 0 Å². The maximum absolute atomic E-state index is 13.4. The zero-order chi connectivity index (χ0) is 18.0. The van der Waals surface area contributed by atoms with Gasteiger partial charge in [0.25, 0.3) is 0 Å². The van der Waals surface area contributed by atoms with Gasteiger partial charge in [-0.25, -0.2) is 0 Å². The lowest BCUT2D eigenvalue weighted by atomic mass is 9.77. The molecule has 0 aromatic carbocycles. The normalized spacial score (nSPS) is 31.8. The highest BCUT2D eigenvalue weighted by Gasteiger charge is 2.50. The van der Waals surface area contributed by atoms with Crippen LogP contribution in [-0.4, -0.2) is 85.0 Å². The summed E-state index contributed by atoms with van der Waals surface area (Å²) in [6.45, 7) is 5.87. The number of amides is 2. The molecule has 1 spiro atoms. The number of nitrogens with zero attached hydrogens (tertiary/aromatic N) is 3. The Labute approximate surface area is 156 Å². The van der Waals surface area contributed by atoms with E-state index in [4.69, 9.17) is 4.74 Å². The van der Waals surface area contributed by atoms with E-state index in [1.807, 2.05) is 4.90 Å². The van der Waals surface area contributed by atoms with Gasteiger partial charge in [0.1, 0.15) is 0 Å². The lowest BCUT2D eigenvalue weighted by Gasteiger charge is -2.44. The van der Waals surface area contributed by atoms with Crippen molar-refractivity contribution in [2.24, 2.45) is 5.41 Å². The van der Waals surface area contributed by atoms with Gasteiger partial charge >= 0.3 is 0 Å². The van der Waals surface area contributed by atoms with Gasteiger partial charge in [0.15, 0.2) is 0 Å². The van der Waals surface area contributed by atoms with Crippen LogP contribution in [-0.2, 0) is 14.3 Å². The molecule has 1 saturated carbocycles. The maximum atomic E-state index is 13.4. The van der Waals surface area contributed by atoms with E-state index >= 15 is 0 Å². The molecule has 146 valence electrons. The van der Waals surface area contributed by atoms with Crippen molar-refractivity contribution in [1.29, 1.82) is 0 Å². The van der Waals surface area contributed by atoms with Gasteiger partial charge in [-0.05, 0) is 32.1 Å². The van der Waals surface area contributed by atoms with Crippen molar-refractivity contribution in [1.82, 2.24) is 14.7 Å². The number of carbonyl (C=O) groups excluding carboxylic acids is 2. The SMILES string of the molecule is O=C(CN1CCOCC1)N1CC[C@@]2(CCCN(C3CCCCC3)C2=O)C1. The number of carbonyl (C=O) groups is 2. The average molecular weight is 364 g/mol. The molecule has 0 unspecified atom stereocenters. The molecule has 0 bridgehead atoms. The van der Waals surface area contributed by atoms with Gasteiger partial charge < -0.3 is 14.5 Å². The summed E-state index contributed by atoms with van der Waals surface area (Å²) in [6.07, 6.45) is 9.06. The first-order valence-corrected chi connectivity index (χ1v) is 10.6. The van der Waals surface area contributed by atoms with Crippen LogP contribution in [0.2, 0.25) is 0 Å². The Bertz CT molecular complexity index is 528. The van der Waals surface area contributed by atoms with Gasteiger partial charge in [0, 0.05) is 38.8 Å². The van der Waals surface area contributed by atoms with Gasteiger partial charge in [0.2, 0.25) is 11.8 Å². The first kappa shape index (κ1) is 18.2. The van der Waals surface area contributed by atoms with Crippen LogP contribution in [0.4, 0.5) is 0 Å². The second kappa shape index (κ2) is 7.85. The van der Waals surface area contributed by atoms with E-state index in [9.17, 15) is 9.59 Å².